The molecule has 0 fully saturated rings. The van der Waals surface area contributed by atoms with Crippen LogP contribution in [0, 0.1) is 13.8 Å². The second-order valence-corrected chi connectivity index (χ2v) is 9.36. The number of nitrogens with zero attached hydrogens (tertiary/aromatic N) is 1. The molecule has 0 aliphatic carbocycles. The second kappa shape index (κ2) is 11.0. The van der Waals surface area contributed by atoms with Crippen LogP contribution in [0.2, 0.25) is 0 Å². The third-order valence-corrected chi connectivity index (χ3v) is 5.92. The number of benzene rings is 2. The molecule has 0 atom stereocenters. The first-order chi connectivity index (χ1) is 14.6. The molecule has 0 saturated heterocycles. The quantitative estimate of drug-likeness (QED) is 0.579. The Morgan fingerprint density at radius 1 is 0.968 bits per heavy atom. The van der Waals surface area contributed by atoms with Crippen molar-refractivity contribution < 1.29 is 22.7 Å². The van der Waals surface area contributed by atoms with Crippen molar-refractivity contribution in [3.63, 3.8) is 0 Å². The summed E-state index contributed by atoms with van der Waals surface area (Å²) in [6.07, 6.45) is 1.12. The molecule has 8 nitrogen and oxygen atoms in total. The number of carbonyl (C=O) groups excluding carboxylic acids is 2. The zero-order valence-electron chi connectivity index (χ0n) is 18.3. The number of anilines is 2. The molecule has 168 valence electrons. The van der Waals surface area contributed by atoms with Crippen LogP contribution in [-0.2, 0) is 24.2 Å². The third kappa shape index (κ3) is 7.78. The van der Waals surface area contributed by atoms with E-state index in [4.69, 9.17) is 4.74 Å². The molecule has 31 heavy (non-hydrogen) atoms. The first-order valence-electron chi connectivity index (χ1n) is 9.77. The molecule has 0 unspecified atom stereocenters. The molecular formula is C22H29N3O5S. The average molecular weight is 448 g/mol. The Morgan fingerprint density at radius 3 is 2.16 bits per heavy atom. The number of ether oxygens (including phenoxy) is 1. The van der Waals surface area contributed by atoms with Crippen molar-refractivity contribution in [2.24, 2.45) is 0 Å². The van der Waals surface area contributed by atoms with E-state index < -0.39 is 9.84 Å². The predicted octanol–water partition coefficient (Wildman–Crippen LogP) is 2.23. The minimum absolute atomic E-state index is 0.0165. The fourth-order valence-corrected chi connectivity index (χ4v) is 3.53. The Kier molecular flexibility index (Phi) is 8.73. The summed E-state index contributed by atoms with van der Waals surface area (Å²) in [5.41, 5.74) is 3.29. The van der Waals surface area contributed by atoms with Crippen LogP contribution in [0.5, 0.6) is 0 Å². The minimum Gasteiger partial charge on any atom is -0.383 e. The van der Waals surface area contributed by atoms with Crippen molar-refractivity contribution in [2.45, 2.75) is 18.7 Å². The molecule has 2 rings (SSSR count). The first kappa shape index (κ1) is 24.5. The van der Waals surface area contributed by atoms with Gasteiger partial charge in [-0.15, -0.1) is 0 Å². The monoisotopic (exact) mass is 447 g/mol. The lowest BCUT2D eigenvalue weighted by atomic mass is 10.1. The maximum atomic E-state index is 12.5. The van der Waals surface area contributed by atoms with Gasteiger partial charge in [0.2, 0.25) is 11.8 Å². The van der Waals surface area contributed by atoms with E-state index in [9.17, 15) is 18.0 Å². The summed E-state index contributed by atoms with van der Waals surface area (Å²) in [5, 5.41) is 5.61. The van der Waals surface area contributed by atoms with E-state index in [1.54, 1.807) is 12.0 Å². The lowest BCUT2D eigenvalue weighted by Crippen LogP contribution is -2.40. The van der Waals surface area contributed by atoms with E-state index in [0.717, 1.165) is 23.1 Å². The highest BCUT2D eigenvalue weighted by atomic mass is 32.2. The van der Waals surface area contributed by atoms with Gasteiger partial charge in [0.25, 0.3) is 0 Å². The van der Waals surface area contributed by atoms with Gasteiger partial charge in [0.15, 0.2) is 9.84 Å². The number of hydrogen-bond acceptors (Lipinski definition) is 6. The summed E-state index contributed by atoms with van der Waals surface area (Å²) in [6.45, 7) is 4.69. The fraction of sp³-hybridized carbons (Fsp3) is 0.364. The molecule has 0 aliphatic rings. The topological polar surface area (TPSA) is 105 Å². The van der Waals surface area contributed by atoms with Gasteiger partial charge in [0.05, 0.1) is 24.6 Å². The van der Waals surface area contributed by atoms with Crippen LogP contribution >= 0.6 is 0 Å². The van der Waals surface area contributed by atoms with Crippen molar-refractivity contribution in [2.75, 3.05) is 50.2 Å². The normalized spacial score (nSPS) is 11.4. The third-order valence-electron chi connectivity index (χ3n) is 4.79. The molecular weight excluding hydrogens is 418 g/mol. The first-order valence-corrected chi connectivity index (χ1v) is 11.7. The molecule has 2 aromatic rings. The van der Waals surface area contributed by atoms with Gasteiger partial charge in [-0.3, -0.25) is 14.5 Å². The van der Waals surface area contributed by atoms with Gasteiger partial charge in [-0.05, 0) is 55.3 Å². The van der Waals surface area contributed by atoms with E-state index in [-0.39, 0.29) is 29.8 Å². The number of aryl methyl sites for hydroxylation is 1. The summed E-state index contributed by atoms with van der Waals surface area (Å²) >= 11 is 0. The van der Waals surface area contributed by atoms with E-state index in [1.165, 1.54) is 24.3 Å². The number of hydrogen-bond donors (Lipinski definition) is 2. The number of methoxy groups -OCH3 is 1. The van der Waals surface area contributed by atoms with Gasteiger partial charge >= 0.3 is 0 Å². The summed E-state index contributed by atoms with van der Waals surface area (Å²) in [6, 6.07) is 11.6. The Labute approximate surface area is 183 Å². The Balaban J connectivity index is 1.98. The molecule has 2 aromatic carbocycles. The standard InChI is InChI=1S/C22H29N3O5S/c1-16-6-5-7-20(17(16)2)24-22(27)15-25(12-13-30-3)14-21(26)23-18-8-10-19(11-9-18)31(4,28)29/h5-11H,12-15H2,1-4H3,(H,23,26)(H,24,27). The number of nitrogens with one attached hydrogen (secondary N) is 2. The zero-order chi connectivity index (χ0) is 23.0. The summed E-state index contributed by atoms with van der Waals surface area (Å²) in [5.74, 6) is -0.544. The maximum absolute atomic E-state index is 12.5. The van der Waals surface area contributed by atoms with Crippen LogP contribution in [-0.4, -0.2) is 64.7 Å². The largest absolute Gasteiger partial charge is 0.383 e. The molecule has 0 aliphatic heterocycles. The van der Waals surface area contributed by atoms with Gasteiger partial charge in [-0.2, -0.15) is 0 Å². The van der Waals surface area contributed by atoms with Gasteiger partial charge in [-0.25, -0.2) is 8.42 Å². The molecule has 0 saturated carbocycles. The fourth-order valence-electron chi connectivity index (χ4n) is 2.90. The maximum Gasteiger partial charge on any atom is 0.238 e. The van der Waals surface area contributed by atoms with Crippen molar-refractivity contribution in [1.82, 2.24) is 4.90 Å². The molecule has 0 radical (unpaired) electrons. The van der Waals surface area contributed by atoms with Crippen LogP contribution in [0.1, 0.15) is 11.1 Å². The molecule has 2 amide bonds. The second-order valence-electron chi connectivity index (χ2n) is 7.34. The van der Waals surface area contributed by atoms with E-state index in [0.29, 0.717) is 18.8 Å². The van der Waals surface area contributed by atoms with Gasteiger partial charge in [0.1, 0.15) is 0 Å². The average Bonchev–Trinajstić information content (AvgIpc) is 2.69. The lowest BCUT2D eigenvalue weighted by Gasteiger charge is -2.21. The van der Waals surface area contributed by atoms with Crippen LogP contribution in [0.25, 0.3) is 0 Å². The Bertz CT molecular complexity index is 1020. The van der Waals surface area contributed by atoms with Gasteiger partial charge in [0, 0.05) is 31.3 Å². The smallest absolute Gasteiger partial charge is 0.238 e. The lowest BCUT2D eigenvalue weighted by molar-refractivity contribution is -0.120. The number of carbonyl (C=O) groups is 2. The van der Waals surface area contributed by atoms with E-state index in [2.05, 4.69) is 10.6 Å². The van der Waals surface area contributed by atoms with Crippen molar-refractivity contribution in [3.05, 3.63) is 53.6 Å². The van der Waals surface area contributed by atoms with Crippen LogP contribution in [0.15, 0.2) is 47.4 Å². The van der Waals surface area contributed by atoms with Crippen molar-refractivity contribution in [1.29, 1.82) is 0 Å². The highest BCUT2D eigenvalue weighted by Crippen LogP contribution is 2.18. The van der Waals surface area contributed by atoms with Gasteiger partial charge in [-0.1, -0.05) is 12.1 Å². The SMILES string of the molecule is COCCN(CC(=O)Nc1ccc(S(C)(=O)=O)cc1)CC(=O)Nc1cccc(C)c1C. The van der Waals surface area contributed by atoms with E-state index >= 15 is 0 Å². The number of amides is 2. The summed E-state index contributed by atoms with van der Waals surface area (Å²) in [4.78, 5) is 26.9. The van der Waals surface area contributed by atoms with Gasteiger partial charge < -0.3 is 15.4 Å². The molecule has 0 spiro atoms. The van der Waals surface area contributed by atoms with Crippen LogP contribution in [0.4, 0.5) is 11.4 Å². The summed E-state index contributed by atoms with van der Waals surface area (Å²) in [7, 11) is -1.75. The van der Waals surface area contributed by atoms with Crippen molar-refractivity contribution >= 4 is 33.0 Å². The molecule has 0 bridgehead atoms. The van der Waals surface area contributed by atoms with E-state index in [1.807, 2.05) is 32.0 Å². The van der Waals surface area contributed by atoms with Crippen molar-refractivity contribution in [3.8, 4) is 0 Å². The highest BCUT2D eigenvalue weighted by Gasteiger charge is 2.16. The van der Waals surface area contributed by atoms with Crippen LogP contribution in [0.3, 0.4) is 0 Å². The highest BCUT2D eigenvalue weighted by molar-refractivity contribution is 7.90. The molecule has 0 aromatic heterocycles. The Hall–Kier alpha value is -2.75. The number of rotatable bonds is 10. The van der Waals surface area contributed by atoms with Crippen LogP contribution < -0.4 is 10.6 Å². The number of sulfone groups is 1. The molecule has 0 heterocycles. The predicted molar refractivity (Wildman–Crippen MR) is 121 cm³/mol. The summed E-state index contributed by atoms with van der Waals surface area (Å²) < 4.78 is 28.2. The Morgan fingerprint density at radius 2 is 1.58 bits per heavy atom. The zero-order valence-corrected chi connectivity index (χ0v) is 19.1. The minimum atomic E-state index is -3.30. The molecule has 9 heteroatoms. The molecule has 2 N–H and O–H groups in total.